The number of carbonyl (C=O) groups excluding carboxylic acids is 1. The SMILES string of the molecule is CC(=O)/C=C(/C)O.CC1(C)Cc2cc3oc4cc5ccnc(-c6[c-]cccc6)c5cc4c3cc2CC1(C)C.[Ir]. The summed E-state index contributed by atoms with van der Waals surface area (Å²) in [5.74, 6) is -0.0625. The van der Waals surface area contributed by atoms with Crippen LogP contribution in [0.15, 0.2) is 77.0 Å². The van der Waals surface area contributed by atoms with Crippen molar-refractivity contribution in [2.24, 2.45) is 10.8 Å². The number of aromatic nitrogens is 1. The standard InChI is InChI=1S/C29H26NO.C5H8O2.Ir/c1-28(2)16-20-12-23-24-15-22-19(10-11-30-27(22)18-8-6-5-7-9-18)13-25(24)31-26(23)14-21(20)17-29(28,3)4;1-4(6)3-5(2)7;/h5-8,10-15H,16-17H2,1-4H3;3,6H,1-2H3;/q-1;;/b;4-3-;. The molecular formula is C34H34IrNO3-. The number of rotatable bonds is 2. The summed E-state index contributed by atoms with van der Waals surface area (Å²) in [5.41, 5.74) is 7.33. The molecule has 2 heterocycles. The van der Waals surface area contributed by atoms with Gasteiger partial charge in [0.15, 0.2) is 5.78 Å². The Morgan fingerprint density at radius 3 is 2.15 bits per heavy atom. The fraction of sp³-hybridized carbons (Fsp3) is 0.294. The third kappa shape index (κ3) is 5.57. The van der Waals surface area contributed by atoms with Crippen molar-refractivity contribution in [3.8, 4) is 11.3 Å². The van der Waals surface area contributed by atoms with Gasteiger partial charge in [-0.2, -0.15) is 0 Å². The van der Waals surface area contributed by atoms with E-state index in [1.807, 2.05) is 24.4 Å². The summed E-state index contributed by atoms with van der Waals surface area (Å²) in [6.45, 7) is 12.4. The zero-order valence-electron chi connectivity index (χ0n) is 23.3. The number of carbonyl (C=O) groups is 1. The van der Waals surface area contributed by atoms with Crippen molar-refractivity contribution in [3.63, 3.8) is 0 Å². The minimum atomic E-state index is -0.125. The molecule has 6 rings (SSSR count). The van der Waals surface area contributed by atoms with Gasteiger partial charge in [0.25, 0.3) is 0 Å². The Balaban J connectivity index is 0.000000394. The molecule has 1 radical (unpaired) electrons. The minimum absolute atomic E-state index is 0. The van der Waals surface area contributed by atoms with E-state index in [2.05, 4.69) is 70.2 Å². The van der Waals surface area contributed by atoms with E-state index in [1.165, 1.54) is 36.4 Å². The molecular weight excluding hydrogens is 663 g/mol. The Morgan fingerprint density at radius 1 is 0.923 bits per heavy atom. The fourth-order valence-electron chi connectivity index (χ4n) is 5.38. The van der Waals surface area contributed by atoms with Gasteiger partial charge < -0.3 is 14.5 Å². The maximum Gasteiger partial charge on any atom is 0.155 e. The summed E-state index contributed by atoms with van der Waals surface area (Å²) < 4.78 is 6.36. The predicted octanol–water partition coefficient (Wildman–Crippen LogP) is 8.79. The second-order valence-corrected chi connectivity index (χ2v) is 11.7. The van der Waals surface area contributed by atoms with Gasteiger partial charge >= 0.3 is 0 Å². The summed E-state index contributed by atoms with van der Waals surface area (Å²) in [5, 5.41) is 13.0. The monoisotopic (exact) mass is 697 g/mol. The summed E-state index contributed by atoms with van der Waals surface area (Å²) in [6, 6.07) is 22.5. The summed E-state index contributed by atoms with van der Waals surface area (Å²) in [4.78, 5) is 14.7. The predicted molar refractivity (Wildman–Crippen MR) is 155 cm³/mol. The number of allylic oxidation sites excluding steroid dienone is 2. The average molecular weight is 697 g/mol. The molecule has 203 valence electrons. The zero-order chi connectivity index (χ0) is 27.2. The van der Waals surface area contributed by atoms with Crippen molar-refractivity contribution in [1.82, 2.24) is 4.98 Å². The van der Waals surface area contributed by atoms with Gasteiger partial charge in [-0.3, -0.25) is 4.79 Å². The van der Waals surface area contributed by atoms with Gasteiger partial charge in [-0.05, 0) is 95.4 Å². The maximum absolute atomic E-state index is 10.0. The van der Waals surface area contributed by atoms with Crippen LogP contribution in [0.1, 0.15) is 52.7 Å². The van der Waals surface area contributed by atoms with Gasteiger partial charge in [-0.15, -0.1) is 35.9 Å². The Kier molecular flexibility index (Phi) is 7.89. The molecule has 5 heteroatoms. The van der Waals surface area contributed by atoms with E-state index in [1.54, 1.807) is 0 Å². The van der Waals surface area contributed by atoms with Gasteiger partial charge in [0.1, 0.15) is 11.2 Å². The molecule has 0 amide bonds. The van der Waals surface area contributed by atoms with E-state index in [0.29, 0.717) is 0 Å². The van der Waals surface area contributed by atoms with Crippen molar-refractivity contribution in [3.05, 3.63) is 89.8 Å². The number of aliphatic hydroxyl groups is 1. The molecule has 39 heavy (non-hydrogen) atoms. The van der Waals surface area contributed by atoms with Gasteiger partial charge in [-0.1, -0.05) is 27.7 Å². The van der Waals surface area contributed by atoms with Crippen LogP contribution in [-0.4, -0.2) is 15.9 Å². The molecule has 0 saturated heterocycles. The minimum Gasteiger partial charge on any atom is -0.512 e. The Bertz CT molecular complexity index is 1710. The number of benzene rings is 3. The van der Waals surface area contributed by atoms with Crippen LogP contribution in [0.2, 0.25) is 0 Å². The smallest absolute Gasteiger partial charge is 0.155 e. The summed E-state index contributed by atoms with van der Waals surface area (Å²) in [6.07, 6.45) is 5.22. The number of pyridine rings is 1. The second-order valence-electron chi connectivity index (χ2n) is 11.7. The first-order valence-electron chi connectivity index (χ1n) is 13.1. The number of ketones is 1. The van der Waals surface area contributed by atoms with Crippen LogP contribution in [0.5, 0.6) is 0 Å². The third-order valence-electron chi connectivity index (χ3n) is 8.15. The number of hydrogen-bond donors (Lipinski definition) is 1. The molecule has 2 aromatic heterocycles. The van der Waals surface area contributed by atoms with E-state index < -0.39 is 0 Å². The quantitative estimate of drug-likeness (QED) is 0.114. The van der Waals surface area contributed by atoms with Gasteiger partial charge in [-0.25, -0.2) is 0 Å². The van der Waals surface area contributed by atoms with E-state index in [0.717, 1.165) is 51.4 Å². The molecule has 0 saturated carbocycles. The zero-order valence-corrected chi connectivity index (χ0v) is 25.7. The molecule has 3 aromatic carbocycles. The van der Waals surface area contributed by atoms with E-state index in [4.69, 9.17) is 14.5 Å². The Labute approximate surface area is 243 Å². The van der Waals surface area contributed by atoms with Crippen molar-refractivity contribution in [2.45, 2.75) is 54.4 Å². The largest absolute Gasteiger partial charge is 0.512 e. The average Bonchev–Trinajstić information content (AvgIpc) is 3.17. The van der Waals surface area contributed by atoms with Crippen LogP contribution < -0.4 is 0 Å². The van der Waals surface area contributed by atoms with Crippen LogP contribution >= 0.6 is 0 Å². The normalized spacial score (nSPS) is 15.8. The number of hydrogen-bond acceptors (Lipinski definition) is 4. The molecule has 4 nitrogen and oxygen atoms in total. The fourth-order valence-corrected chi connectivity index (χ4v) is 5.38. The van der Waals surface area contributed by atoms with Crippen molar-refractivity contribution < 1.29 is 34.4 Å². The molecule has 0 atom stereocenters. The van der Waals surface area contributed by atoms with E-state index >= 15 is 0 Å². The van der Waals surface area contributed by atoms with Crippen molar-refractivity contribution >= 4 is 38.5 Å². The molecule has 0 unspecified atom stereocenters. The molecule has 1 N–H and O–H groups in total. The van der Waals surface area contributed by atoms with Gasteiger partial charge in [0.05, 0.1) is 5.76 Å². The number of fused-ring (bicyclic) bond motifs is 5. The first-order valence-corrected chi connectivity index (χ1v) is 13.1. The summed E-state index contributed by atoms with van der Waals surface area (Å²) >= 11 is 0. The van der Waals surface area contributed by atoms with Crippen LogP contribution in [0.25, 0.3) is 44.0 Å². The molecule has 5 aromatic rings. The number of furan rings is 1. The second kappa shape index (κ2) is 10.7. The van der Waals surface area contributed by atoms with Crippen molar-refractivity contribution in [2.75, 3.05) is 0 Å². The Hall–Kier alpha value is -3.27. The van der Waals surface area contributed by atoms with Crippen LogP contribution in [0.4, 0.5) is 0 Å². The van der Waals surface area contributed by atoms with Gasteiger partial charge in [0.2, 0.25) is 0 Å². The van der Waals surface area contributed by atoms with Crippen LogP contribution in [0, 0.1) is 16.9 Å². The van der Waals surface area contributed by atoms with Crippen LogP contribution in [0.3, 0.4) is 0 Å². The molecule has 0 bridgehead atoms. The molecule has 0 aliphatic heterocycles. The number of nitrogens with zero attached hydrogens (tertiary/aromatic N) is 1. The van der Waals surface area contributed by atoms with E-state index in [-0.39, 0.29) is 42.5 Å². The number of aliphatic hydroxyl groups excluding tert-OH is 1. The molecule has 0 fully saturated rings. The van der Waals surface area contributed by atoms with Gasteiger partial charge in [0, 0.05) is 43.2 Å². The van der Waals surface area contributed by atoms with Crippen molar-refractivity contribution in [1.29, 1.82) is 0 Å². The first kappa shape index (κ1) is 28.7. The summed E-state index contributed by atoms with van der Waals surface area (Å²) in [7, 11) is 0. The molecule has 0 spiro atoms. The molecule has 1 aliphatic carbocycles. The topological polar surface area (TPSA) is 63.3 Å². The van der Waals surface area contributed by atoms with E-state index in [9.17, 15) is 4.79 Å². The first-order chi connectivity index (χ1) is 17.9. The molecule has 1 aliphatic rings. The Morgan fingerprint density at radius 2 is 1.56 bits per heavy atom. The third-order valence-corrected chi connectivity index (χ3v) is 8.15. The maximum atomic E-state index is 10.0. The van der Waals surface area contributed by atoms with Crippen LogP contribution in [-0.2, 0) is 37.7 Å².